The van der Waals surface area contributed by atoms with Gasteiger partial charge in [0.2, 0.25) is 5.78 Å². The third-order valence-electron chi connectivity index (χ3n) is 7.35. The quantitative estimate of drug-likeness (QED) is 0.419. The van der Waals surface area contributed by atoms with Crippen LogP contribution in [0.2, 0.25) is 0 Å². The maximum Gasteiger partial charge on any atom is 0.322 e. The number of aryl methyl sites for hydroxylation is 1. The first kappa shape index (κ1) is 22.3. The number of hydrogen-bond acceptors (Lipinski definition) is 5. The molecule has 1 fully saturated rings. The van der Waals surface area contributed by atoms with Crippen LogP contribution in [0.25, 0.3) is 10.9 Å². The van der Waals surface area contributed by atoms with E-state index in [1.54, 1.807) is 6.07 Å². The van der Waals surface area contributed by atoms with E-state index in [1.807, 2.05) is 53.6 Å². The van der Waals surface area contributed by atoms with E-state index in [4.69, 9.17) is 0 Å². The van der Waals surface area contributed by atoms with Crippen molar-refractivity contribution in [2.45, 2.75) is 38.9 Å². The minimum atomic E-state index is -0.0967. The first-order chi connectivity index (χ1) is 17.6. The van der Waals surface area contributed by atoms with Gasteiger partial charge < -0.3 is 19.7 Å². The molecule has 36 heavy (non-hydrogen) atoms. The SMILES string of the molecule is CCn1cc(C(=O)c2cc(N3CCC(N4Cc5ccccc5NC4=O)CC3)ncn2)c2ccccc21. The molecule has 1 saturated heterocycles. The van der Waals surface area contributed by atoms with Crippen LogP contribution in [-0.2, 0) is 13.1 Å². The highest BCUT2D eigenvalue weighted by molar-refractivity contribution is 6.15. The first-order valence-corrected chi connectivity index (χ1v) is 12.5. The summed E-state index contributed by atoms with van der Waals surface area (Å²) in [6.07, 6.45) is 5.07. The number of carbonyl (C=O) groups is 2. The number of amides is 2. The third-order valence-corrected chi connectivity index (χ3v) is 7.35. The summed E-state index contributed by atoms with van der Waals surface area (Å²) < 4.78 is 2.09. The fourth-order valence-electron chi connectivity index (χ4n) is 5.40. The number of ketones is 1. The van der Waals surface area contributed by atoms with Crippen LogP contribution in [0.15, 0.2) is 67.1 Å². The summed E-state index contributed by atoms with van der Waals surface area (Å²) >= 11 is 0. The molecule has 182 valence electrons. The minimum Gasteiger partial charge on any atom is -0.356 e. The highest BCUT2D eigenvalue weighted by atomic mass is 16.2. The highest BCUT2D eigenvalue weighted by Gasteiger charge is 2.32. The molecule has 0 unspecified atom stereocenters. The van der Waals surface area contributed by atoms with Crippen LogP contribution in [0.3, 0.4) is 0 Å². The molecule has 2 aromatic carbocycles. The van der Waals surface area contributed by atoms with Crippen LogP contribution in [-0.4, -0.2) is 50.4 Å². The number of nitrogens with one attached hydrogen (secondary N) is 1. The Hall–Kier alpha value is -4.20. The van der Waals surface area contributed by atoms with Gasteiger partial charge in [0.05, 0.1) is 0 Å². The monoisotopic (exact) mass is 480 g/mol. The number of rotatable bonds is 5. The zero-order valence-corrected chi connectivity index (χ0v) is 20.2. The van der Waals surface area contributed by atoms with Crippen LogP contribution in [0, 0.1) is 0 Å². The fourth-order valence-corrected chi connectivity index (χ4v) is 5.40. The largest absolute Gasteiger partial charge is 0.356 e. The van der Waals surface area contributed by atoms with Gasteiger partial charge in [-0.2, -0.15) is 0 Å². The number of piperidine rings is 1. The molecule has 6 rings (SSSR count). The van der Waals surface area contributed by atoms with E-state index in [0.29, 0.717) is 17.8 Å². The maximum absolute atomic E-state index is 13.4. The maximum atomic E-state index is 13.4. The molecule has 8 nitrogen and oxygen atoms in total. The summed E-state index contributed by atoms with van der Waals surface area (Å²) in [5.41, 5.74) is 4.14. The number of aromatic nitrogens is 3. The van der Waals surface area contributed by atoms with Gasteiger partial charge in [-0.15, -0.1) is 0 Å². The second-order valence-corrected chi connectivity index (χ2v) is 9.37. The number of hydrogen-bond donors (Lipinski definition) is 1. The summed E-state index contributed by atoms with van der Waals surface area (Å²) in [4.78, 5) is 39.1. The third kappa shape index (κ3) is 3.88. The van der Waals surface area contributed by atoms with E-state index in [2.05, 4.69) is 37.7 Å². The number of anilines is 2. The molecule has 2 amide bonds. The zero-order valence-electron chi connectivity index (χ0n) is 20.2. The van der Waals surface area contributed by atoms with Gasteiger partial charge in [0.1, 0.15) is 17.8 Å². The Morgan fingerprint density at radius 1 is 1.06 bits per heavy atom. The van der Waals surface area contributed by atoms with Gasteiger partial charge in [-0.1, -0.05) is 36.4 Å². The van der Waals surface area contributed by atoms with Gasteiger partial charge >= 0.3 is 6.03 Å². The van der Waals surface area contributed by atoms with Crippen LogP contribution in [0.5, 0.6) is 0 Å². The molecule has 2 aromatic heterocycles. The van der Waals surface area contributed by atoms with E-state index >= 15 is 0 Å². The molecular formula is C28H28N6O2. The van der Waals surface area contributed by atoms with Crippen molar-refractivity contribution < 1.29 is 9.59 Å². The van der Waals surface area contributed by atoms with Crippen LogP contribution < -0.4 is 10.2 Å². The molecule has 1 N–H and O–H groups in total. The van der Waals surface area contributed by atoms with Crippen molar-refractivity contribution >= 4 is 34.2 Å². The Balaban J connectivity index is 1.18. The van der Waals surface area contributed by atoms with Gasteiger partial charge in [-0.25, -0.2) is 14.8 Å². The molecule has 2 aliphatic rings. The number of nitrogens with zero attached hydrogens (tertiary/aromatic N) is 5. The fraction of sp³-hybridized carbons (Fsp3) is 0.286. The predicted molar refractivity (Wildman–Crippen MR) is 139 cm³/mol. The average Bonchev–Trinajstić information content (AvgIpc) is 3.31. The van der Waals surface area contributed by atoms with E-state index in [0.717, 1.165) is 60.4 Å². The molecule has 4 heterocycles. The number of fused-ring (bicyclic) bond motifs is 2. The summed E-state index contributed by atoms with van der Waals surface area (Å²) in [6, 6.07) is 17.8. The van der Waals surface area contributed by atoms with Crippen molar-refractivity contribution in [3.8, 4) is 0 Å². The molecule has 4 aromatic rings. The topological polar surface area (TPSA) is 83.4 Å². The molecule has 0 spiro atoms. The van der Waals surface area contributed by atoms with E-state index in [9.17, 15) is 9.59 Å². The van der Waals surface area contributed by atoms with E-state index in [-0.39, 0.29) is 17.9 Å². The van der Waals surface area contributed by atoms with Crippen molar-refractivity contribution in [1.82, 2.24) is 19.4 Å². The lowest BCUT2D eigenvalue weighted by atomic mass is 10.0. The van der Waals surface area contributed by atoms with Crippen LogP contribution in [0.4, 0.5) is 16.3 Å². The van der Waals surface area contributed by atoms with Crippen molar-refractivity contribution in [2.24, 2.45) is 0 Å². The van der Waals surface area contributed by atoms with E-state index < -0.39 is 0 Å². The van der Waals surface area contributed by atoms with Gasteiger partial charge in [-0.3, -0.25) is 4.79 Å². The van der Waals surface area contributed by atoms with Gasteiger partial charge in [0.15, 0.2) is 0 Å². The Labute approximate surface area is 209 Å². The Kier molecular flexibility index (Phi) is 5.64. The van der Waals surface area contributed by atoms with Gasteiger partial charge in [0, 0.05) is 66.6 Å². The van der Waals surface area contributed by atoms with Crippen LogP contribution >= 0.6 is 0 Å². The first-order valence-electron chi connectivity index (χ1n) is 12.5. The van der Waals surface area contributed by atoms with Crippen molar-refractivity contribution in [2.75, 3.05) is 23.3 Å². The lowest BCUT2D eigenvalue weighted by Crippen LogP contribution is -2.50. The highest BCUT2D eigenvalue weighted by Crippen LogP contribution is 2.29. The number of urea groups is 1. The summed E-state index contributed by atoms with van der Waals surface area (Å²) in [5.74, 6) is 0.653. The number of benzene rings is 2. The van der Waals surface area contributed by atoms with Gasteiger partial charge in [0.25, 0.3) is 0 Å². The summed E-state index contributed by atoms with van der Waals surface area (Å²) in [6.45, 7) is 5.01. The Bertz CT molecular complexity index is 1450. The normalized spacial score (nSPS) is 16.2. The Morgan fingerprint density at radius 2 is 1.83 bits per heavy atom. The average molecular weight is 481 g/mol. The second kappa shape index (κ2) is 9.11. The standard InChI is InChI=1S/C28H28N6O2/c1-2-32-17-22(21-8-4-6-10-25(21)32)27(35)24-15-26(30-18-29-24)33-13-11-20(12-14-33)34-16-19-7-3-5-9-23(19)31-28(34)36/h3-10,15,17-18,20H,2,11-14,16H2,1H3,(H,31,36). The van der Waals surface area contributed by atoms with Crippen molar-refractivity contribution in [1.29, 1.82) is 0 Å². The van der Waals surface area contributed by atoms with Crippen molar-refractivity contribution in [3.05, 3.63) is 83.9 Å². The van der Waals surface area contributed by atoms with Gasteiger partial charge in [-0.05, 0) is 37.5 Å². The van der Waals surface area contributed by atoms with Crippen LogP contribution in [0.1, 0.15) is 41.4 Å². The molecule has 2 aliphatic heterocycles. The summed E-state index contributed by atoms with van der Waals surface area (Å²) in [5, 5.41) is 3.95. The number of para-hydroxylation sites is 2. The molecule has 0 aliphatic carbocycles. The predicted octanol–water partition coefficient (Wildman–Crippen LogP) is 4.70. The summed E-state index contributed by atoms with van der Waals surface area (Å²) in [7, 11) is 0. The molecular weight excluding hydrogens is 452 g/mol. The molecule has 0 radical (unpaired) electrons. The van der Waals surface area contributed by atoms with Crippen molar-refractivity contribution in [3.63, 3.8) is 0 Å². The lowest BCUT2D eigenvalue weighted by molar-refractivity contribution is 0.103. The Morgan fingerprint density at radius 3 is 2.67 bits per heavy atom. The number of carbonyl (C=O) groups excluding carboxylic acids is 2. The molecule has 8 heteroatoms. The zero-order chi connectivity index (χ0) is 24.6. The smallest absolute Gasteiger partial charge is 0.322 e. The lowest BCUT2D eigenvalue weighted by Gasteiger charge is -2.41. The second-order valence-electron chi connectivity index (χ2n) is 9.37. The molecule has 0 atom stereocenters. The minimum absolute atomic E-state index is 0.0340. The van der Waals surface area contributed by atoms with E-state index in [1.165, 1.54) is 6.33 Å². The molecule has 0 bridgehead atoms. The molecule has 0 saturated carbocycles.